The van der Waals surface area contributed by atoms with Crippen LogP contribution in [0.3, 0.4) is 0 Å². The summed E-state index contributed by atoms with van der Waals surface area (Å²) in [5.41, 5.74) is 0. The summed E-state index contributed by atoms with van der Waals surface area (Å²) < 4.78 is 5.19. The van der Waals surface area contributed by atoms with Gasteiger partial charge in [-0.05, 0) is 24.7 Å². The van der Waals surface area contributed by atoms with Crippen LogP contribution in [-0.4, -0.2) is 31.8 Å². The third-order valence-corrected chi connectivity index (χ3v) is 4.26. The Morgan fingerprint density at radius 3 is 2.13 bits per heavy atom. The van der Waals surface area contributed by atoms with Crippen molar-refractivity contribution in [1.82, 2.24) is 4.90 Å². The van der Waals surface area contributed by atoms with Crippen molar-refractivity contribution in [2.24, 2.45) is 11.8 Å². The molecule has 0 bridgehead atoms. The molecule has 0 N–H and O–H groups in total. The maximum absolute atomic E-state index is 5.19. The smallest absolute Gasteiger partial charge is 0.0986 e. The molecule has 0 aromatic rings. The molecule has 0 aromatic carbocycles. The van der Waals surface area contributed by atoms with Crippen molar-refractivity contribution in [2.75, 3.05) is 26.9 Å². The molecule has 15 heavy (non-hydrogen) atoms. The number of methoxy groups -OCH3 is 1. The molecule has 1 saturated carbocycles. The molecule has 0 unspecified atom stereocenters. The summed E-state index contributed by atoms with van der Waals surface area (Å²) in [5, 5.41) is 0. The van der Waals surface area contributed by atoms with E-state index in [0.29, 0.717) is 0 Å². The molecule has 0 radical (unpaired) electrons. The molecule has 1 aliphatic heterocycles. The lowest BCUT2D eigenvalue weighted by Crippen LogP contribution is -2.37. The van der Waals surface area contributed by atoms with Crippen molar-refractivity contribution in [3.63, 3.8) is 0 Å². The van der Waals surface area contributed by atoms with Crippen LogP contribution in [0, 0.1) is 11.8 Å². The molecule has 0 spiro atoms. The zero-order chi connectivity index (χ0) is 10.5. The third kappa shape index (κ3) is 3.18. The van der Waals surface area contributed by atoms with E-state index in [1.54, 1.807) is 7.11 Å². The molecule has 2 heteroatoms. The van der Waals surface area contributed by atoms with E-state index in [9.17, 15) is 0 Å². The fourth-order valence-corrected chi connectivity index (χ4v) is 3.34. The van der Waals surface area contributed by atoms with E-state index in [1.807, 2.05) is 0 Å². The SMILES string of the molecule is COCN1CCC(C2CCCCC2)CC1. The Kier molecular flexibility index (Phi) is 4.45. The number of ether oxygens (including phenoxy) is 1. The second-order valence-electron chi connectivity index (χ2n) is 5.27. The van der Waals surface area contributed by atoms with Gasteiger partial charge in [0, 0.05) is 20.2 Å². The summed E-state index contributed by atoms with van der Waals surface area (Å²) in [4.78, 5) is 2.44. The van der Waals surface area contributed by atoms with Crippen molar-refractivity contribution in [3.05, 3.63) is 0 Å². The van der Waals surface area contributed by atoms with Crippen LogP contribution in [0.2, 0.25) is 0 Å². The Labute approximate surface area is 94.0 Å². The Hall–Kier alpha value is -0.0800. The molecule has 1 aliphatic carbocycles. The van der Waals surface area contributed by atoms with Crippen LogP contribution in [-0.2, 0) is 4.74 Å². The predicted octanol–water partition coefficient (Wildman–Crippen LogP) is 2.88. The Bertz CT molecular complexity index is 169. The second-order valence-corrected chi connectivity index (χ2v) is 5.27. The summed E-state index contributed by atoms with van der Waals surface area (Å²) in [6.45, 7) is 3.35. The van der Waals surface area contributed by atoms with E-state index in [0.717, 1.165) is 18.6 Å². The molecule has 0 atom stereocenters. The van der Waals surface area contributed by atoms with Crippen molar-refractivity contribution < 1.29 is 4.74 Å². The lowest BCUT2D eigenvalue weighted by molar-refractivity contribution is 0.0278. The van der Waals surface area contributed by atoms with Gasteiger partial charge in [-0.1, -0.05) is 32.1 Å². The fraction of sp³-hybridized carbons (Fsp3) is 1.00. The first-order chi connectivity index (χ1) is 7.40. The minimum absolute atomic E-state index is 0.831. The number of rotatable bonds is 3. The van der Waals surface area contributed by atoms with Gasteiger partial charge in [0.2, 0.25) is 0 Å². The van der Waals surface area contributed by atoms with Gasteiger partial charge in [0.05, 0.1) is 6.73 Å². The highest BCUT2D eigenvalue weighted by Gasteiger charge is 2.27. The monoisotopic (exact) mass is 211 g/mol. The second kappa shape index (κ2) is 5.86. The molecule has 2 aliphatic rings. The predicted molar refractivity (Wildman–Crippen MR) is 62.7 cm³/mol. The topological polar surface area (TPSA) is 12.5 Å². The number of hydrogen-bond acceptors (Lipinski definition) is 2. The molecule has 2 nitrogen and oxygen atoms in total. The number of likely N-dealkylation sites (tertiary alicyclic amines) is 1. The van der Waals surface area contributed by atoms with Gasteiger partial charge in [-0.25, -0.2) is 0 Å². The van der Waals surface area contributed by atoms with E-state index in [2.05, 4.69) is 4.90 Å². The van der Waals surface area contributed by atoms with Gasteiger partial charge in [0.25, 0.3) is 0 Å². The van der Waals surface area contributed by atoms with E-state index in [4.69, 9.17) is 4.74 Å². The highest BCUT2D eigenvalue weighted by atomic mass is 16.5. The molecule has 0 amide bonds. The average molecular weight is 211 g/mol. The normalized spacial score (nSPS) is 27.0. The highest BCUT2D eigenvalue weighted by Crippen LogP contribution is 2.35. The van der Waals surface area contributed by atoms with Gasteiger partial charge in [-0.2, -0.15) is 0 Å². The van der Waals surface area contributed by atoms with E-state index in [1.165, 1.54) is 58.0 Å². The Balaban J connectivity index is 1.72. The van der Waals surface area contributed by atoms with Crippen molar-refractivity contribution >= 4 is 0 Å². The van der Waals surface area contributed by atoms with E-state index >= 15 is 0 Å². The number of hydrogen-bond donors (Lipinski definition) is 0. The molecule has 1 heterocycles. The largest absolute Gasteiger partial charge is 0.369 e. The van der Waals surface area contributed by atoms with E-state index in [-0.39, 0.29) is 0 Å². The van der Waals surface area contributed by atoms with Gasteiger partial charge >= 0.3 is 0 Å². The third-order valence-electron chi connectivity index (χ3n) is 4.26. The average Bonchev–Trinajstić information content (AvgIpc) is 2.32. The summed E-state index contributed by atoms with van der Waals surface area (Å²) in [6, 6.07) is 0. The first-order valence-corrected chi connectivity index (χ1v) is 6.61. The van der Waals surface area contributed by atoms with Gasteiger partial charge in [-0.3, -0.25) is 4.90 Å². The van der Waals surface area contributed by atoms with Crippen LogP contribution in [0.5, 0.6) is 0 Å². The minimum Gasteiger partial charge on any atom is -0.369 e. The summed E-state index contributed by atoms with van der Waals surface area (Å²) in [6.07, 6.45) is 10.3. The van der Waals surface area contributed by atoms with Gasteiger partial charge in [0.15, 0.2) is 0 Å². The summed E-state index contributed by atoms with van der Waals surface area (Å²) in [7, 11) is 1.80. The first kappa shape index (κ1) is 11.4. The summed E-state index contributed by atoms with van der Waals surface area (Å²) in [5.74, 6) is 2.09. The van der Waals surface area contributed by atoms with E-state index < -0.39 is 0 Å². The van der Waals surface area contributed by atoms with Crippen LogP contribution in [0.4, 0.5) is 0 Å². The molecule has 1 saturated heterocycles. The molecular weight excluding hydrogens is 186 g/mol. The lowest BCUT2D eigenvalue weighted by Gasteiger charge is -2.37. The standard InChI is InChI=1S/C13H25NO/c1-15-11-14-9-7-13(8-10-14)12-5-3-2-4-6-12/h12-13H,2-11H2,1H3. The van der Waals surface area contributed by atoms with Crippen molar-refractivity contribution in [3.8, 4) is 0 Å². The minimum atomic E-state index is 0.831. The molecule has 2 fully saturated rings. The van der Waals surface area contributed by atoms with Crippen LogP contribution < -0.4 is 0 Å². The van der Waals surface area contributed by atoms with Gasteiger partial charge in [0.1, 0.15) is 0 Å². The zero-order valence-corrected chi connectivity index (χ0v) is 10.1. The van der Waals surface area contributed by atoms with Crippen LogP contribution in [0.15, 0.2) is 0 Å². The maximum atomic E-state index is 5.19. The van der Waals surface area contributed by atoms with Crippen LogP contribution in [0.1, 0.15) is 44.9 Å². The van der Waals surface area contributed by atoms with Gasteiger partial charge < -0.3 is 4.74 Å². The van der Waals surface area contributed by atoms with Gasteiger partial charge in [-0.15, -0.1) is 0 Å². The Morgan fingerprint density at radius 1 is 0.933 bits per heavy atom. The fourth-order valence-electron chi connectivity index (χ4n) is 3.34. The quantitative estimate of drug-likeness (QED) is 0.711. The number of nitrogens with zero attached hydrogens (tertiary/aromatic N) is 1. The molecule has 2 rings (SSSR count). The highest BCUT2D eigenvalue weighted by molar-refractivity contribution is 4.79. The van der Waals surface area contributed by atoms with Crippen LogP contribution in [0.25, 0.3) is 0 Å². The lowest BCUT2D eigenvalue weighted by atomic mass is 9.76. The molecule has 88 valence electrons. The van der Waals surface area contributed by atoms with Crippen molar-refractivity contribution in [2.45, 2.75) is 44.9 Å². The first-order valence-electron chi connectivity index (χ1n) is 6.61. The van der Waals surface area contributed by atoms with Crippen LogP contribution >= 0.6 is 0 Å². The molecular formula is C13H25NO. The maximum Gasteiger partial charge on any atom is 0.0986 e. The number of piperidine rings is 1. The summed E-state index contributed by atoms with van der Waals surface area (Å²) >= 11 is 0. The Morgan fingerprint density at radius 2 is 1.53 bits per heavy atom. The van der Waals surface area contributed by atoms with Crippen molar-refractivity contribution in [1.29, 1.82) is 0 Å². The zero-order valence-electron chi connectivity index (χ0n) is 10.1. The molecule has 0 aromatic heterocycles.